The molecule has 0 bridgehead atoms. The third-order valence-electron chi connectivity index (χ3n) is 5.21. The number of halogens is 1. The van der Waals surface area contributed by atoms with Crippen LogP contribution < -0.4 is 0 Å². The second-order valence-electron chi connectivity index (χ2n) is 6.98. The van der Waals surface area contributed by atoms with E-state index < -0.39 is 0 Å². The molecule has 27 heavy (non-hydrogen) atoms. The van der Waals surface area contributed by atoms with Crippen molar-refractivity contribution >= 4 is 28.5 Å². The molecule has 1 saturated heterocycles. The summed E-state index contributed by atoms with van der Waals surface area (Å²) in [6, 6.07) is 18.1. The van der Waals surface area contributed by atoms with Gasteiger partial charge in [0.1, 0.15) is 5.82 Å². The van der Waals surface area contributed by atoms with Gasteiger partial charge in [0.15, 0.2) is 0 Å². The number of likely N-dealkylation sites (tertiary alicyclic amines) is 1. The van der Waals surface area contributed by atoms with Crippen molar-refractivity contribution in [1.29, 1.82) is 0 Å². The summed E-state index contributed by atoms with van der Waals surface area (Å²) >= 11 is 2.24. The van der Waals surface area contributed by atoms with Crippen molar-refractivity contribution in [1.82, 2.24) is 14.5 Å². The first-order valence-electron chi connectivity index (χ1n) is 9.33. The molecule has 1 amide bonds. The molecule has 138 valence electrons. The number of aromatic nitrogens is 2. The lowest BCUT2D eigenvalue weighted by Crippen LogP contribution is -2.39. The summed E-state index contributed by atoms with van der Waals surface area (Å²) in [7, 11) is 0. The molecule has 2 heterocycles. The maximum atomic E-state index is 12.8. The summed E-state index contributed by atoms with van der Waals surface area (Å²) in [5, 5.41) is 0. The molecule has 4 nitrogen and oxygen atoms in total. The van der Waals surface area contributed by atoms with Crippen molar-refractivity contribution in [2.45, 2.75) is 19.4 Å². The zero-order valence-electron chi connectivity index (χ0n) is 15.1. The quantitative estimate of drug-likeness (QED) is 0.518. The molecule has 0 saturated carbocycles. The van der Waals surface area contributed by atoms with E-state index in [0.29, 0.717) is 5.92 Å². The minimum absolute atomic E-state index is 0.158. The number of benzene rings is 2. The summed E-state index contributed by atoms with van der Waals surface area (Å²) in [5.74, 6) is 1.75. The van der Waals surface area contributed by atoms with Crippen LogP contribution in [0.2, 0.25) is 0 Å². The highest BCUT2D eigenvalue weighted by Crippen LogP contribution is 2.25. The van der Waals surface area contributed by atoms with E-state index in [9.17, 15) is 4.79 Å². The summed E-state index contributed by atoms with van der Waals surface area (Å²) < 4.78 is 3.27. The monoisotopic (exact) mass is 471 g/mol. The van der Waals surface area contributed by atoms with Crippen LogP contribution in [0.25, 0.3) is 11.4 Å². The Bertz CT molecular complexity index is 914. The third kappa shape index (κ3) is 4.08. The number of hydrogen-bond donors (Lipinski definition) is 0. The molecule has 0 unspecified atom stereocenters. The minimum atomic E-state index is 0.158. The van der Waals surface area contributed by atoms with Crippen LogP contribution in [0, 0.1) is 9.49 Å². The molecule has 1 aromatic heterocycles. The van der Waals surface area contributed by atoms with E-state index in [-0.39, 0.29) is 5.91 Å². The fourth-order valence-corrected chi connectivity index (χ4v) is 4.32. The van der Waals surface area contributed by atoms with Crippen LogP contribution >= 0.6 is 22.6 Å². The minimum Gasteiger partial charge on any atom is -0.339 e. The lowest BCUT2D eigenvalue weighted by Gasteiger charge is -2.32. The number of carbonyl (C=O) groups is 1. The van der Waals surface area contributed by atoms with Crippen molar-refractivity contribution < 1.29 is 4.79 Å². The molecule has 0 radical (unpaired) electrons. The van der Waals surface area contributed by atoms with E-state index in [2.05, 4.69) is 50.5 Å². The first kappa shape index (κ1) is 18.2. The van der Waals surface area contributed by atoms with E-state index in [1.165, 1.54) is 0 Å². The van der Waals surface area contributed by atoms with E-state index in [1.54, 1.807) is 0 Å². The predicted molar refractivity (Wildman–Crippen MR) is 115 cm³/mol. The molecular weight excluding hydrogens is 449 g/mol. The summed E-state index contributed by atoms with van der Waals surface area (Å²) in [4.78, 5) is 19.3. The van der Waals surface area contributed by atoms with Crippen molar-refractivity contribution in [3.63, 3.8) is 0 Å². The predicted octanol–water partition coefficient (Wildman–Crippen LogP) is 4.71. The smallest absolute Gasteiger partial charge is 0.254 e. The van der Waals surface area contributed by atoms with E-state index in [0.717, 1.165) is 53.0 Å². The SMILES string of the molecule is O=C(c1ccccc1I)N1CCC(Cn2ccnc2-c2ccccc2)CC1. The number of carbonyl (C=O) groups excluding carboxylic acids is 1. The van der Waals surface area contributed by atoms with Gasteiger partial charge in [-0.15, -0.1) is 0 Å². The summed E-state index contributed by atoms with van der Waals surface area (Å²) in [6.07, 6.45) is 5.99. The van der Waals surface area contributed by atoms with Crippen molar-refractivity contribution in [2.75, 3.05) is 13.1 Å². The van der Waals surface area contributed by atoms with Gasteiger partial charge >= 0.3 is 0 Å². The van der Waals surface area contributed by atoms with Gasteiger partial charge in [-0.3, -0.25) is 4.79 Å². The topological polar surface area (TPSA) is 38.1 Å². The zero-order chi connectivity index (χ0) is 18.6. The van der Waals surface area contributed by atoms with Crippen molar-refractivity contribution in [2.24, 2.45) is 5.92 Å². The van der Waals surface area contributed by atoms with Gasteiger partial charge in [-0.05, 0) is 53.5 Å². The lowest BCUT2D eigenvalue weighted by atomic mass is 9.96. The number of piperidine rings is 1. The normalized spacial score (nSPS) is 15.1. The standard InChI is InChI=1S/C22H22IN3O/c23-20-9-5-4-8-19(20)22(27)25-13-10-17(11-14-25)16-26-15-12-24-21(26)18-6-2-1-3-7-18/h1-9,12,15,17H,10-11,13-14,16H2. The highest BCUT2D eigenvalue weighted by atomic mass is 127. The average Bonchev–Trinajstić information content (AvgIpc) is 3.17. The number of amides is 1. The van der Waals surface area contributed by atoms with Gasteiger partial charge in [0, 0.05) is 41.2 Å². The largest absolute Gasteiger partial charge is 0.339 e. The summed E-state index contributed by atoms with van der Waals surface area (Å²) in [6.45, 7) is 2.60. The van der Waals surface area contributed by atoms with E-state index >= 15 is 0 Å². The van der Waals surface area contributed by atoms with Crippen LogP contribution in [0.1, 0.15) is 23.2 Å². The van der Waals surface area contributed by atoms with Crippen molar-refractivity contribution in [3.05, 3.63) is 76.1 Å². The molecule has 0 atom stereocenters. The third-order valence-corrected chi connectivity index (χ3v) is 6.15. The molecule has 0 aliphatic carbocycles. The molecule has 2 aromatic carbocycles. The highest BCUT2D eigenvalue weighted by molar-refractivity contribution is 14.1. The number of nitrogens with zero attached hydrogens (tertiary/aromatic N) is 3. The number of imidazole rings is 1. The second-order valence-corrected chi connectivity index (χ2v) is 8.15. The van der Waals surface area contributed by atoms with Gasteiger partial charge in [-0.2, -0.15) is 0 Å². The van der Waals surface area contributed by atoms with Gasteiger partial charge in [0.25, 0.3) is 5.91 Å². The molecule has 1 fully saturated rings. The Morgan fingerprint density at radius 3 is 2.48 bits per heavy atom. The Morgan fingerprint density at radius 1 is 1.04 bits per heavy atom. The Kier molecular flexibility index (Phi) is 5.57. The molecule has 4 rings (SSSR count). The maximum absolute atomic E-state index is 12.8. The van der Waals surface area contributed by atoms with Crippen LogP contribution in [0.15, 0.2) is 67.0 Å². The van der Waals surface area contributed by atoms with Crippen LogP contribution in [0.4, 0.5) is 0 Å². The zero-order valence-corrected chi connectivity index (χ0v) is 17.2. The summed E-state index contributed by atoms with van der Waals surface area (Å²) in [5.41, 5.74) is 1.96. The molecule has 1 aliphatic heterocycles. The Morgan fingerprint density at radius 2 is 1.74 bits per heavy atom. The van der Waals surface area contributed by atoms with Crippen LogP contribution in [0.5, 0.6) is 0 Å². The van der Waals surface area contributed by atoms with Gasteiger partial charge in [0.05, 0.1) is 5.56 Å². The van der Waals surface area contributed by atoms with Gasteiger partial charge in [-0.25, -0.2) is 4.98 Å². The number of rotatable bonds is 4. The number of hydrogen-bond acceptors (Lipinski definition) is 2. The van der Waals surface area contributed by atoms with Crippen molar-refractivity contribution in [3.8, 4) is 11.4 Å². The molecule has 0 N–H and O–H groups in total. The molecule has 1 aliphatic rings. The van der Waals surface area contributed by atoms with Crippen LogP contribution in [-0.4, -0.2) is 33.4 Å². The van der Waals surface area contributed by atoms with Crippen LogP contribution in [0.3, 0.4) is 0 Å². The lowest BCUT2D eigenvalue weighted by molar-refractivity contribution is 0.0682. The first-order valence-corrected chi connectivity index (χ1v) is 10.4. The molecule has 0 spiro atoms. The second kappa shape index (κ2) is 8.25. The van der Waals surface area contributed by atoms with Gasteiger partial charge < -0.3 is 9.47 Å². The Hall–Kier alpha value is -2.15. The van der Waals surface area contributed by atoms with E-state index in [1.807, 2.05) is 53.6 Å². The Labute approximate surface area is 173 Å². The average molecular weight is 471 g/mol. The molecule has 3 aromatic rings. The fraction of sp³-hybridized carbons (Fsp3) is 0.273. The highest BCUT2D eigenvalue weighted by Gasteiger charge is 2.25. The molecular formula is C22H22IN3O. The van der Waals surface area contributed by atoms with Gasteiger partial charge in [0.2, 0.25) is 0 Å². The van der Waals surface area contributed by atoms with Crippen LogP contribution in [-0.2, 0) is 6.54 Å². The Balaban J connectivity index is 1.39. The van der Waals surface area contributed by atoms with E-state index in [4.69, 9.17) is 0 Å². The van der Waals surface area contributed by atoms with Gasteiger partial charge in [-0.1, -0.05) is 42.5 Å². The molecule has 5 heteroatoms. The fourth-order valence-electron chi connectivity index (χ4n) is 3.71. The maximum Gasteiger partial charge on any atom is 0.254 e. The first-order chi connectivity index (χ1) is 13.2.